The average Bonchev–Trinajstić information content (AvgIpc) is 2.66. The smallest absolute Gasteiger partial charge is 0.277 e. The third-order valence-electron chi connectivity index (χ3n) is 5.33. The Kier molecular flexibility index (Phi) is 6.39. The van der Waals surface area contributed by atoms with Gasteiger partial charge in [-0.15, -0.1) is 0 Å². The van der Waals surface area contributed by atoms with Gasteiger partial charge in [-0.3, -0.25) is 4.79 Å². The molecule has 29 heavy (non-hydrogen) atoms. The molecular weight excluding hydrogens is 409 g/mol. The van der Waals surface area contributed by atoms with Gasteiger partial charge in [0.15, 0.2) is 6.61 Å². The lowest BCUT2D eigenvalue weighted by atomic mass is 9.80. The average molecular weight is 434 g/mol. The second kappa shape index (κ2) is 8.64. The fourth-order valence-electron chi connectivity index (χ4n) is 3.59. The number of rotatable bonds is 5. The molecule has 0 saturated carbocycles. The van der Waals surface area contributed by atoms with Crippen molar-refractivity contribution in [1.82, 2.24) is 5.43 Å². The Bertz CT molecular complexity index is 926. The van der Waals surface area contributed by atoms with Gasteiger partial charge in [-0.05, 0) is 68.1 Å². The summed E-state index contributed by atoms with van der Waals surface area (Å²) in [4.78, 5) is 14.2. The first-order chi connectivity index (χ1) is 13.7. The quantitative estimate of drug-likeness (QED) is 0.517. The molecule has 0 spiro atoms. The van der Waals surface area contributed by atoms with Gasteiger partial charge in [0.1, 0.15) is 5.75 Å². The van der Waals surface area contributed by atoms with Crippen molar-refractivity contribution < 1.29 is 9.53 Å². The van der Waals surface area contributed by atoms with Crippen LogP contribution in [0.25, 0.3) is 0 Å². The largest absolute Gasteiger partial charge is 0.484 e. The monoisotopic (exact) mass is 433 g/mol. The second-order valence-corrected chi connectivity index (χ2v) is 8.79. The normalized spacial score (nSPS) is 17.9. The fraction of sp³-hybridized carbons (Fsp3) is 0.364. The van der Waals surface area contributed by atoms with E-state index >= 15 is 0 Å². The summed E-state index contributed by atoms with van der Waals surface area (Å²) in [5, 5.41) is 5.23. The van der Waals surface area contributed by atoms with Gasteiger partial charge in [-0.25, -0.2) is 5.43 Å². The van der Waals surface area contributed by atoms with Crippen LogP contribution in [0.2, 0.25) is 10.0 Å². The molecule has 0 aromatic heterocycles. The Morgan fingerprint density at radius 3 is 2.69 bits per heavy atom. The van der Waals surface area contributed by atoms with Crippen molar-refractivity contribution in [1.29, 1.82) is 0 Å². The molecule has 2 aromatic rings. The lowest BCUT2D eigenvalue weighted by Crippen LogP contribution is -2.45. The zero-order valence-electron chi connectivity index (χ0n) is 17.0. The van der Waals surface area contributed by atoms with Crippen LogP contribution in [0.15, 0.2) is 41.5 Å². The van der Waals surface area contributed by atoms with E-state index in [0.29, 0.717) is 21.7 Å². The van der Waals surface area contributed by atoms with E-state index in [1.165, 1.54) is 5.56 Å². The number of hydrogen-bond acceptors (Lipinski definition) is 4. The van der Waals surface area contributed by atoms with Crippen molar-refractivity contribution in [3.63, 3.8) is 0 Å². The van der Waals surface area contributed by atoms with Gasteiger partial charge in [0.05, 0.1) is 11.2 Å². The minimum atomic E-state index is -0.361. The number of hydrazone groups is 1. The van der Waals surface area contributed by atoms with E-state index < -0.39 is 0 Å². The molecule has 1 aliphatic heterocycles. The highest BCUT2D eigenvalue weighted by molar-refractivity contribution is 6.33. The van der Waals surface area contributed by atoms with E-state index in [9.17, 15) is 4.79 Å². The van der Waals surface area contributed by atoms with Crippen molar-refractivity contribution in [3.05, 3.63) is 57.6 Å². The summed E-state index contributed by atoms with van der Waals surface area (Å²) in [6.07, 6.45) is 2.61. The Balaban J connectivity index is 1.64. The van der Waals surface area contributed by atoms with Crippen molar-refractivity contribution in [2.24, 2.45) is 5.10 Å². The third kappa shape index (κ3) is 5.03. The maximum absolute atomic E-state index is 11.9. The van der Waals surface area contributed by atoms with Crippen LogP contribution in [0.4, 0.5) is 5.69 Å². The summed E-state index contributed by atoms with van der Waals surface area (Å²) in [5.41, 5.74) is 5.67. The topological polar surface area (TPSA) is 53.9 Å². The molecule has 1 heterocycles. The molecular formula is C22H25Cl2N3O2. The molecule has 2 aromatic carbocycles. The van der Waals surface area contributed by atoms with Crippen LogP contribution in [0.3, 0.4) is 0 Å². The number of hydrogen-bond donors (Lipinski definition) is 1. The molecule has 1 atom stereocenters. The maximum Gasteiger partial charge on any atom is 0.277 e. The van der Waals surface area contributed by atoms with Gasteiger partial charge < -0.3 is 9.64 Å². The van der Waals surface area contributed by atoms with Crippen LogP contribution in [0.1, 0.15) is 44.2 Å². The molecule has 5 nitrogen and oxygen atoms in total. The number of carbonyl (C=O) groups excluding carboxylic acids is 1. The molecule has 154 valence electrons. The summed E-state index contributed by atoms with van der Waals surface area (Å²) in [6, 6.07) is 10.8. The zero-order chi connectivity index (χ0) is 21.2. The van der Waals surface area contributed by atoms with Crippen molar-refractivity contribution >= 4 is 41.0 Å². The highest BCUT2D eigenvalue weighted by Gasteiger charge is 2.34. The lowest BCUT2D eigenvalue weighted by molar-refractivity contribution is -0.123. The summed E-state index contributed by atoms with van der Waals surface area (Å²) in [5.74, 6) is 0.607. The van der Waals surface area contributed by atoms with Crippen LogP contribution in [-0.4, -0.2) is 31.3 Å². The third-order valence-corrected chi connectivity index (χ3v) is 5.91. The van der Waals surface area contributed by atoms with Gasteiger partial charge in [0.25, 0.3) is 5.91 Å². The summed E-state index contributed by atoms with van der Waals surface area (Å²) < 4.78 is 5.39. The number of benzene rings is 2. The summed E-state index contributed by atoms with van der Waals surface area (Å²) in [6.45, 7) is 6.54. The molecule has 1 N–H and O–H groups in total. The number of nitrogens with zero attached hydrogens (tertiary/aromatic N) is 2. The molecule has 0 aliphatic carbocycles. The van der Waals surface area contributed by atoms with E-state index in [1.54, 1.807) is 30.5 Å². The van der Waals surface area contributed by atoms with E-state index in [0.717, 1.165) is 17.7 Å². The number of halogens is 2. The summed E-state index contributed by atoms with van der Waals surface area (Å²) >= 11 is 12.3. The molecule has 0 unspecified atom stereocenters. The number of anilines is 1. The predicted octanol–water partition coefficient (Wildman–Crippen LogP) is 5.24. The molecule has 7 heteroatoms. The number of nitrogens with one attached hydrogen (secondary N) is 1. The van der Waals surface area contributed by atoms with Gasteiger partial charge in [-0.2, -0.15) is 5.10 Å². The van der Waals surface area contributed by atoms with Crippen LogP contribution in [-0.2, 0) is 4.79 Å². The van der Waals surface area contributed by atoms with Crippen LogP contribution in [0.5, 0.6) is 5.75 Å². The number of amides is 1. The highest BCUT2D eigenvalue weighted by Crippen LogP contribution is 2.44. The Labute approximate surface area is 181 Å². The fourth-order valence-corrected chi connectivity index (χ4v) is 3.92. The number of fused-ring (bicyclic) bond motifs is 1. The van der Waals surface area contributed by atoms with Gasteiger partial charge in [0, 0.05) is 28.9 Å². The Hall–Kier alpha value is -2.24. The van der Waals surface area contributed by atoms with Gasteiger partial charge >= 0.3 is 0 Å². The van der Waals surface area contributed by atoms with Crippen molar-refractivity contribution in [2.45, 2.75) is 38.6 Å². The Morgan fingerprint density at radius 2 is 2.00 bits per heavy atom. The molecule has 0 radical (unpaired) electrons. The zero-order valence-corrected chi connectivity index (χ0v) is 18.5. The maximum atomic E-state index is 11.9. The standard InChI is InChI=1S/C22H25Cl2N3O2/c1-14-11-22(2,3)27(4)20-10-19(24)15(9-18(14)20)12-25-26-21(28)13-29-17-7-5-16(23)6-8-17/h5-10,12,14H,11,13H2,1-4H3,(H,26,28)/b25-12-/t14-/m1/s1. The van der Waals surface area contributed by atoms with Crippen molar-refractivity contribution in [2.75, 3.05) is 18.6 Å². The molecule has 1 amide bonds. The van der Waals surface area contributed by atoms with Gasteiger partial charge in [-0.1, -0.05) is 30.1 Å². The van der Waals surface area contributed by atoms with Gasteiger partial charge in [0.2, 0.25) is 0 Å². The van der Waals surface area contributed by atoms with Crippen LogP contribution < -0.4 is 15.1 Å². The molecule has 0 bridgehead atoms. The van der Waals surface area contributed by atoms with E-state index in [4.69, 9.17) is 27.9 Å². The SMILES string of the molecule is C[C@@H]1CC(C)(C)N(C)c2cc(Cl)c(/C=N\NC(=O)COc3ccc(Cl)cc3)cc21. The number of ether oxygens (including phenoxy) is 1. The van der Waals surface area contributed by atoms with E-state index in [1.807, 2.05) is 12.1 Å². The lowest BCUT2D eigenvalue weighted by Gasteiger charge is -2.45. The molecule has 1 aliphatic rings. The summed E-state index contributed by atoms with van der Waals surface area (Å²) in [7, 11) is 2.09. The number of carbonyl (C=O) groups is 1. The minimum absolute atomic E-state index is 0.0728. The highest BCUT2D eigenvalue weighted by atomic mass is 35.5. The van der Waals surface area contributed by atoms with E-state index in [2.05, 4.69) is 43.2 Å². The minimum Gasteiger partial charge on any atom is -0.484 e. The molecule has 0 saturated heterocycles. The van der Waals surface area contributed by atoms with Crippen molar-refractivity contribution in [3.8, 4) is 5.75 Å². The second-order valence-electron chi connectivity index (χ2n) is 7.94. The predicted molar refractivity (Wildman–Crippen MR) is 120 cm³/mol. The first kappa shape index (κ1) is 21.5. The van der Waals surface area contributed by atoms with Crippen LogP contribution in [0, 0.1) is 0 Å². The molecule has 3 rings (SSSR count). The van der Waals surface area contributed by atoms with Crippen LogP contribution >= 0.6 is 23.2 Å². The first-order valence-electron chi connectivity index (χ1n) is 9.45. The molecule has 0 fully saturated rings. The Morgan fingerprint density at radius 1 is 1.31 bits per heavy atom. The van der Waals surface area contributed by atoms with E-state index in [-0.39, 0.29) is 18.1 Å². The first-order valence-corrected chi connectivity index (χ1v) is 10.2.